The minimum absolute atomic E-state index is 0.169. The predicted octanol–water partition coefficient (Wildman–Crippen LogP) is 3.49. The van der Waals surface area contributed by atoms with Gasteiger partial charge < -0.3 is 14.4 Å². The van der Waals surface area contributed by atoms with Crippen LogP contribution in [0.15, 0.2) is 30.3 Å². The molecule has 0 bridgehead atoms. The highest BCUT2D eigenvalue weighted by atomic mass is 16.6. The summed E-state index contributed by atoms with van der Waals surface area (Å²) in [6.45, 7) is 6.56. The minimum Gasteiger partial charge on any atom is -0.472 e. The average molecular weight is 339 g/mol. The largest absolute Gasteiger partial charge is 0.472 e. The first-order chi connectivity index (χ1) is 11.9. The summed E-state index contributed by atoms with van der Waals surface area (Å²) >= 11 is 0. The molecule has 0 aliphatic carbocycles. The number of benzene rings is 1. The Hall–Kier alpha value is -2.81. The van der Waals surface area contributed by atoms with Crippen molar-refractivity contribution in [2.75, 3.05) is 13.1 Å². The van der Waals surface area contributed by atoms with Crippen molar-refractivity contribution in [3.05, 3.63) is 36.0 Å². The first-order valence-corrected chi connectivity index (χ1v) is 8.30. The standard InChI is InChI=1S/C19H21N3O3/c1-19(2,3)25-18(23)22-9-8-15(12-22)24-17-16-7-5-4-6-13(16)10-14(11-20)21-17/h4-7,10,15H,8-9,12H2,1-3H3/t15-/m1/s1. The summed E-state index contributed by atoms with van der Waals surface area (Å²) in [4.78, 5) is 18.1. The Morgan fingerprint density at radius 3 is 2.84 bits per heavy atom. The number of ether oxygens (including phenoxy) is 2. The Balaban J connectivity index is 1.75. The molecule has 1 aromatic heterocycles. The lowest BCUT2D eigenvalue weighted by Gasteiger charge is -2.24. The number of nitrogens with zero attached hydrogens (tertiary/aromatic N) is 3. The van der Waals surface area contributed by atoms with Gasteiger partial charge in [0, 0.05) is 18.4 Å². The van der Waals surface area contributed by atoms with E-state index in [0.29, 0.717) is 31.1 Å². The quantitative estimate of drug-likeness (QED) is 0.837. The molecule has 2 aromatic rings. The van der Waals surface area contributed by atoms with Gasteiger partial charge in [-0.2, -0.15) is 5.26 Å². The number of hydrogen-bond acceptors (Lipinski definition) is 5. The molecule has 0 spiro atoms. The summed E-state index contributed by atoms with van der Waals surface area (Å²) in [6.07, 6.45) is 0.200. The monoisotopic (exact) mass is 339 g/mol. The lowest BCUT2D eigenvalue weighted by atomic mass is 10.1. The minimum atomic E-state index is -0.519. The van der Waals surface area contributed by atoms with Gasteiger partial charge in [0.2, 0.25) is 5.88 Å². The maximum atomic E-state index is 12.2. The Bertz CT molecular complexity index is 836. The zero-order chi connectivity index (χ0) is 18.0. The number of amides is 1. The van der Waals surface area contributed by atoms with E-state index in [-0.39, 0.29) is 12.2 Å². The molecule has 25 heavy (non-hydrogen) atoms. The highest BCUT2D eigenvalue weighted by Crippen LogP contribution is 2.27. The third-order valence-electron chi connectivity index (χ3n) is 3.89. The smallest absolute Gasteiger partial charge is 0.410 e. The molecule has 6 nitrogen and oxygen atoms in total. The third-order valence-corrected chi connectivity index (χ3v) is 3.89. The predicted molar refractivity (Wildman–Crippen MR) is 93.3 cm³/mol. The Kier molecular flexibility index (Phi) is 4.49. The molecule has 0 N–H and O–H groups in total. The molecule has 1 saturated heterocycles. The van der Waals surface area contributed by atoms with Crippen molar-refractivity contribution in [1.29, 1.82) is 5.26 Å². The summed E-state index contributed by atoms with van der Waals surface area (Å²) in [5.74, 6) is 0.436. The average Bonchev–Trinajstić information content (AvgIpc) is 3.02. The number of pyridine rings is 1. The van der Waals surface area contributed by atoms with Crippen LogP contribution in [0.2, 0.25) is 0 Å². The molecule has 1 aromatic carbocycles. The van der Waals surface area contributed by atoms with Gasteiger partial charge in [-0.1, -0.05) is 18.2 Å². The van der Waals surface area contributed by atoms with E-state index in [1.165, 1.54) is 0 Å². The lowest BCUT2D eigenvalue weighted by Crippen LogP contribution is -2.36. The number of carbonyl (C=O) groups excluding carboxylic acids is 1. The molecular weight excluding hydrogens is 318 g/mol. The van der Waals surface area contributed by atoms with E-state index in [9.17, 15) is 4.79 Å². The highest BCUT2D eigenvalue weighted by Gasteiger charge is 2.31. The second-order valence-corrected chi connectivity index (χ2v) is 7.10. The van der Waals surface area contributed by atoms with E-state index in [0.717, 1.165) is 10.8 Å². The number of nitriles is 1. The zero-order valence-electron chi connectivity index (χ0n) is 14.7. The summed E-state index contributed by atoms with van der Waals surface area (Å²) in [6, 6.07) is 11.5. The molecule has 0 saturated carbocycles. The molecule has 0 unspecified atom stereocenters. The number of aromatic nitrogens is 1. The van der Waals surface area contributed by atoms with E-state index in [1.54, 1.807) is 11.0 Å². The van der Waals surface area contributed by atoms with Gasteiger partial charge in [0.1, 0.15) is 23.5 Å². The van der Waals surface area contributed by atoms with Gasteiger partial charge >= 0.3 is 6.09 Å². The lowest BCUT2D eigenvalue weighted by molar-refractivity contribution is 0.0275. The van der Waals surface area contributed by atoms with E-state index in [1.807, 2.05) is 45.0 Å². The number of fused-ring (bicyclic) bond motifs is 1. The van der Waals surface area contributed by atoms with Crippen molar-refractivity contribution >= 4 is 16.9 Å². The van der Waals surface area contributed by atoms with E-state index in [4.69, 9.17) is 14.7 Å². The fourth-order valence-corrected chi connectivity index (χ4v) is 2.79. The molecular formula is C19H21N3O3. The zero-order valence-corrected chi connectivity index (χ0v) is 14.7. The molecule has 1 aliphatic heterocycles. The molecule has 3 rings (SSSR count). The molecule has 1 amide bonds. The van der Waals surface area contributed by atoms with Crippen molar-refractivity contribution in [1.82, 2.24) is 9.88 Å². The summed E-state index contributed by atoms with van der Waals surface area (Å²) in [5, 5.41) is 10.9. The van der Waals surface area contributed by atoms with Crippen molar-refractivity contribution in [3.8, 4) is 11.9 Å². The second-order valence-electron chi connectivity index (χ2n) is 7.10. The van der Waals surface area contributed by atoms with Gasteiger partial charge in [-0.15, -0.1) is 0 Å². The van der Waals surface area contributed by atoms with Gasteiger partial charge in [-0.25, -0.2) is 9.78 Å². The second kappa shape index (κ2) is 6.60. The number of rotatable bonds is 2. The first-order valence-electron chi connectivity index (χ1n) is 8.30. The number of carbonyl (C=O) groups is 1. The van der Waals surface area contributed by atoms with Crippen LogP contribution in [-0.4, -0.2) is 40.8 Å². The molecule has 1 fully saturated rings. The summed E-state index contributed by atoms with van der Waals surface area (Å²) in [7, 11) is 0. The number of hydrogen-bond donors (Lipinski definition) is 0. The fraction of sp³-hybridized carbons (Fsp3) is 0.421. The molecule has 1 atom stereocenters. The van der Waals surface area contributed by atoms with E-state index in [2.05, 4.69) is 11.1 Å². The maximum Gasteiger partial charge on any atom is 0.410 e. The van der Waals surface area contributed by atoms with Crippen molar-refractivity contribution < 1.29 is 14.3 Å². The molecule has 0 radical (unpaired) electrons. The van der Waals surface area contributed by atoms with Crippen LogP contribution in [-0.2, 0) is 4.74 Å². The van der Waals surface area contributed by atoms with Crippen LogP contribution in [0.1, 0.15) is 32.9 Å². The van der Waals surface area contributed by atoms with Crippen molar-refractivity contribution in [2.24, 2.45) is 0 Å². The van der Waals surface area contributed by atoms with E-state index >= 15 is 0 Å². The van der Waals surface area contributed by atoms with Crippen LogP contribution in [0.5, 0.6) is 5.88 Å². The molecule has 2 heterocycles. The van der Waals surface area contributed by atoms with Gasteiger partial charge in [0.05, 0.1) is 6.54 Å². The van der Waals surface area contributed by atoms with Crippen LogP contribution < -0.4 is 4.74 Å². The van der Waals surface area contributed by atoms with Crippen LogP contribution >= 0.6 is 0 Å². The van der Waals surface area contributed by atoms with Crippen LogP contribution in [0.25, 0.3) is 10.8 Å². The highest BCUT2D eigenvalue weighted by molar-refractivity contribution is 5.87. The molecule has 6 heteroatoms. The summed E-state index contributed by atoms with van der Waals surface area (Å²) in [5.41, 5.74) is -0.203. The van der Waals surface area contributed by atoms with Crippen LogP contribution in [0, 0.1) is 11.3 Å². The van der Waals surface area contributed by atoms with Gasteiger partial charge in [-0.05, 0) is 38.3 Å². The first kappa shape index (κ1) is 17.0. The van der Waals surface area contributed by atoms with E-state index < -0.39 is 5.60 Å². The van der Waals surface area contributed by atoms with Crippen LogP contribution in [0.3, 0.4) is 0 Å². The Morgan fingerprint density at radius 1 is 1.36 bits per heavy atom. The maximum absolute atomic E-state index is 12.2. The third kappa shape index (κ3) is 4.00. The Labute approximate surface area is 147 Å². The van der Waals surface area contributed by atoms with Gasteiger partial charge in [-0.3, -0.25) is 0 Å². The van der Waals surface area contributed by atoms with Gasteiger partial charge in [0.15, 0.2) is 0 Å². The Morgan fingerprint density at radius 2 is 2.12 bits per heavy atom. The van der Waals surface area contributed by atoms with Crippen molar-refractivity contribution in [2.45, 2.75) is 38.9 Å². The summed E-state index contributed by atoms with van der Waals surface area (Å²) < 4.78 is 11.4. The SMILES string of the molecule is CC(C)(C)OC(=O)N1CC[C@@H](Oc2nc(C#N)cc3ccccc23)C1. The van der Waals surface area contributed by atoms with Crippen molar-refractivity contribution in [3.63, 3.8) is 0 Å². The van der Waals surface area contributed by atoms with Gasteiger partial charge in [0.25, 0.3) is 0 Å². The van der Waals surface area contributed by atoms with Crippen LogP contribution in [0.4, 0.5) is 4.79 Å². The number of likely N-dealkylation sites (tertiary alicyclic amines) is 1. The normalized spacial score (nSPS) is 17.4. The molecule has 130 valence electrons. The fourth-order valence-electron chi connectivity index (χ4n) is 2.79. The molecule has 1 aliphatic rings. The topological polar surface area (TPSA) is 75.4 Å².